The van der Waals surface area contributed by atoms with Crippen LogP contribution in [-0.4, -0.2) is 64.0 Å². The highest BCUT2D eigenvalue weighted by Gasteiger charge is 2.39. The number of ether oxygens (including phenoxy) is 2. The number of carbonyl (C=O) groups excluding carboxylic acids is 1. The van der Waals surface area contributed by atoms with Gasteiger partial charge in [-0.3, -0.25) is 4.79 Å². The van der Waals surface area contributed by atoms with Crippen molar-refractivity contribution in [3.8, 4) is 5.75 Å². The Balaban J connectivity index is 1.72. The third kappa shape index (κ3) is 10.9. The van der Waals surface area contributed by atoms with E-state index in [0.29, 0.717) is 30.0 Å². The van der Waals surface area contributed by atoms with Crippen molar-refractivity contribution in [2.75, 3.05) is 13.2 Å². The second-order valence-electron chi connectivity index (χ2n) is 8.75. The van der Waals surface area contributed by atoms with Crippen LogP contribution in [0.15, 0.2) is 48.6 Å². The number of halogens is 1. The number of esters is 1. The van der Waals surface area contributed by atoms with Crippen LogP contribution < -0.4 is 4.74 Å². The van der Waals surface area contributed by atoms with E-state index in [-0.39, 0.29) is 37.9 Å². The average Bonchev–Trinajstić information content (AvgIpc) is 3.09. The van der Waals surface area contributed by atoms with Crippen LogP contribution in [0.1, 0.15) is 39.0 Å². The van der Waals surface area contributed by atoms with Gasteiger partial charge in [0.1, 0.15) is 31.2 Å². The highest BCUT2D eigenvalue weighted by Crippen LogP contribution is 2.36. The number of nitrogens with zero attached hydrogens (tertiary/aromatic N) is 1. The van der Waals surface area contributed by atoms with E-state index in [0.717, 1.165) is 0 Å². The monoisotopic (exact) mass is 527 g/mol. The van der Waals surface area contributed by atoms with Crippen molar-refractivity contribution in [2.45, 2.75) is 63.4 Å². The minimum atomic E-state index is -0.935. The number of hydrogen-bond acceptors (Lipinski definition) is 9. The normalized spacial score (nSPS) is 23.6. The Bertz CT molecular complexity index is 894. The van der Waals surface area contributed by atoms with Crippen LogP contribution in [0.2, 0.25) is 5.02 Å². The summed E-state index contributed by atoms with van der Waals surface area (Å²) < 4.78 is 10.6. The van der Waals surface area contributed by atoms with Crippen molar-refractivity contribution in [2.24, 2.45) is 11.8 Å². The molecule has 1 aromatic rings. The van der Waals surface area contributed by atoms with Crippen LogP contribution in [0, 0.1) is 22.0 Å². The summed E-state index contributed by atoms with van der Waals surface area (Å²) in [6.07, 6.45) is 6.22. The molecular weight excluding hydrogens is 494 g/mol. The average molecular weight is 528 g/mol. The first-order valence-corrected chi connectivity index (χ1v) is 12.3. The summed E-state index contributed by atoms with van der Waals surface area (Å²) in [5, 5.41) is 40.7. The first-order chi connectivity index (χ1) is 17.2. The first-order valence-electron chi connectivity index (χ1n) is 11.9. The summed E-state index contributed by atoms with van der Waals surface area (Å²) in [7, 11) is 0. The minimum absolute atomic E-state index is 0.0246. The van der Waals surface area contributed by atoms with Crippen molar-refractivity contribution >= 4 is 17.6 Å². The maximum atomic E-state index is 11.8. The van der Waals surface area contributed by atoms with Crippen LogP contribution in [0.25, 0.3) is 0 Å². The summed E-state index contributed by atoms with van der Waals surface area (Å²) in [6, 6.07) is 6.86. The second kappa shape index (κ2) is 15.5. The van der Waals surface area contributed by atoms with Gasteiger partial charge in [-0.2, -0.15) is 0 Å². The quantitative estimate of drug-likeness (QED) is 0.103. The van der Waals surface area contributed by atoms with Crippen molar-refractivity contribution in [1.82, 2.24) is 0 Å². The van der Waals surface area contributed by atoms with E-state index < -0.39 is 35.5 Å². The summed E-state index contributed by atoms with van der Waals surface area (Å²) in [4.78, 5) is 26.1. The van der Waals surface area contributed by atoms with E-state index in [2.05, 4.69) is 4.84 Å². The number of carbonyl (C=O) groups is 1. The van der Waals surface area contributed by atoms with E-state index >= 15 is 0 Å². The molecule has 1 unspecified atom stereocenters. The van der Waals surface area contributed by atoms with Crippen LogP contribution in [0.5, 0.6) is 5.75 Å². The van der Waals surface area contributed by atoms with Crippen molar-refractivity contribution in [1.29, 1.82) is 0 Å². The Kier molecular flexibility index (Phi) is 12.7. The fraction of sp³-hybridized carbons (Fsp3) is 0.560. The molecule has 1 aromatic carbocycles. The molecule has 11 heteroatoms. The van der Waals surface area contributed by atoms with Gasteiger partial charge < -0.3 is 29.6 Å². The molecule has 10 nitrogen and oxygen atoms in total. The topological polar surface area (TPSA) is 149 Å². The molecule has 0 radical (unpaired) electrons. The lowest BCUT2D eigenvalue weighted by Gasteiger charge is -2.19. The Labute approximate surface area is 215 Å². The summed E-state index contributed by atoms with van der Waals surface area (Å²) in [5.74, 6) is -0.439. The van der Waals surface area contributed by atoms with Gasteiger partial charge in [-0.05, 0) is 50.3 Å². The number of rotatable bonds is 15. The molecule has 1 aliphatic carbocycles. The van der Waals surface area contributed by atoms with Crippen LogP contribution in [0.3, 0.4) is 0 Å². The predicted molar refractivity (Wildman–Crippen MR) is 132 cm³/mol. The Morgan fingerprint density at radius 1 is 1.28 bits per heavy atom. The number of hydrogen-bond donors (Lipinski definition) is 3. The van der Waals surface area contributed by atoms with E-state index in [4.69, 9.17) is 21.1 Å². The molecule has 0 amide bonds. The highest BCUT2D eigenvalue weighted by atomic mass is 35.5. The number of unbranched alkanes of at least 4 members (excludes halogenated alkanes) is 1. The van der Waals surface area contributed by atoms with E-state index in [1.165, 1.54) is 6.92 Å². The van der Waals surface area contributed by atoms with Gasteiger partial charge in [0.2, 0.25) is 0 Å². The second-order valence-corrected chi connectivity index (χ2v) is 9.19. The van der Waals surface area contributed by atoms with Crippen molar-refractivity contribution in [3.05, 3.63) is 63.7 Å². The van der Waals surface area contributed by atoms with Crippen LogP contribution in [0.4, 0.5) is 0 Å². The van der Waals surface area contributed by atoms with Crippen LogP contribution >= 0.6 is 11.6 Å². The number of benzene rings is 1. The molecule has 1 saturated carbocycles. The Morgan fingerprint density at radius 3 is 2.78 bits per heavy atom. The summed E-state index contributed by atoms with van der Waals surface area (Å²) >= 11 is 5.92. The molecular formula is C25H34ClNO9. The lowest BCUT2D eigenvalue weighted by Crippen LogP contribution is -2.21. The molecule has 1 aliphatic rings. The summed E-state index contributed by atoms with van der Waals surface area (Å²) in [6.45, 7) is 1.23. The smallest absolute Gasteiger partial charge is 0.306 e. The molecule has 200 valence electrons. The van der Waals surface area contributed by atoms with Gasteiger partial charge in [0, 0.05) is 23.8 Å². The molecule has 2 rings (SSSR count). The number of aliphatic hydroxyl groups is 3. The zero-order chi connectivity index (χ0) is 26.5. The lowest BCUT2D eigenvalue weighted by molar-refractivity contribution is -0.759. The van der Waals surface area contributed by atoms with Gasteiger partial charge in [0.25, 0.3) is 5.09 Å². The number of aliphatic hydroxyl groups excluding tert-OH is 3. The van der Waals surface area contributed by atoms with E-state index in [1.54, 1.807) is 36.4 Å². The van der Waals surface area contributed by atoms with Gasteiger partial charge >= 0.3 is 5.97 Å². The molecule has 3 N–H and O–H groups in total. The third-order valence-electron chi connectivity index (χ3n) is 5.76. The fourth-order valence-corrected chi connectivity index (χ4v) is 4.16. The van der Waals surface area contributed by atoms with Gasteiger partial charge in [-0.15, -0.1) is 10.1 Å². The molecule has 6 atom stereocenters. The Morgan fingerprint density at radius 2 is 2.06 bits per heavy atom. The zero-order valence-corrected chi connectivity index (χ0v) is 20.9. The van der Waals surface area contributed by atoms with Crippen LogP contribution in [-0.2, 0) is 14.4 Å². The molecule has 0 aromatic heterocycles. The SMILES string of the molecule is CC(CO[N+](=O)[O-])OC(=O)CCCC=CC[C@@H]1[C@@H](C=C[C@@H](O)COc2cccc(Cl)c2)[C@H](O)C[C@@H]1O. The van der Waals surface area contributed by atoms with Crippen molar-refractivity contribution in [3.63, 3.8) is 0 Å². The zero-order valence-electron chi connectivity index (χ0n) is 20.1. The van der Waals surface area contributed by atoms with Gasteiger partial charge in [0.05, 0.1) is 12.2 Å². The van der Waals surface area contributed by atoms with Gasteiger partial charge in [-0.25, -0.2) is 0 Å². The summed E-state index contributed by atoms with van der Waals surface area (Å²) in [5.41, 5.74) is 0. The molecule has 1 fully saturated rings. The predicted octanol–water partition coefficient (Wildman–Crippen LogP) is 3.25. The third-order valence-corrected chi connectivity index (χ3v) is 6.00. The molecule has 0 saturated heterocycles. The maximum absolute atomic E-state index is 11.8. The molecule has 0 aliphatic heterocycles. The number of allylic oxidation sites excluding steroid dienone is 2. The minimum Gasteiger partial charge on any atom is -0.491 e. The maximum Gasteiger partial charge on any atom is 0.306 e. The van der Waals surface area contributed by atoms with E-state index in [9.17, 15) is 30.2 Å². The molecule has 0 heterocycles. The first kappa shape index (κ1) is 29.6. The van der Waals surface area contributed by atoms with E-state index in [1.807, 2.05) is 12.2 Å². The molecule has 36 heavy (non-hydrogen) atoms. The highest BCUT2D eigenvalue weighted by molar-refractivity contribution is 6.30. The lowest BCUT2D eigenvalue weighted by atomic mass is 9.89. The largest absolute Gasteiger partial charge is 0.491 e. The molecule has 0 spiro atoms. The fourth-order valence-electron chi connectivity index (χ4n) is 3.98. The van der Waals surface area contributed by atoms with Crippen molar-refractivity contribution < 1.29 is 39.5 Å². The van der Waals surface area contributed by atoms with Gasteiger partial charge in [-0.1, -0.05) is 42.0 Å². The molecule has 0 bridgehead atoms. The van der Waals surface area contributed by atoms with Gasteiger partial charge in [0.15, 0.2) is 0 Å². The standard InChI is InChI=1S/C25H34ClNO9/c1-17(15-35-27(32)33)36-25(31)10-5-3-2-4-9-21-22(24(30)14-23(21)29)12-11-19(28)16-34-20-8-6-7-18(26)13-20/h2,4,6-8,11-13,17,19,21-24,28-30H,3,5,9-10,14-16H2,1H3/t17?,19-,21-,22-,23+,24-/m1/s1. The Hall–Kier alpha value is -2.66.